The van der Waals surface area contributed by atoms with Gasteiger partial charge in [0.15, 0.2) is 5.65 Å². The molecule has 0 bridgehead atoms. The maximum Gasteiger partial charge on any atom is 0.254 e. The third kappa shape index (κ3) is 3.87. The fraction of sp³-hybridized carbons (Fsp3) is 0.381. The number of halogens is 2. The summed E-state index contributed by atoms with van der Waals surface area (Å²) in [4.78, 5) is 24.0. The number of nitrogens with zero attached hydrogens (tertiary/aromatic N) is 4. The average Bonchev–Trinajstić information content (AvgIpc) is 3.45. The van der Waals surface area contributed by atoms with Crippen molar-refractivity contribution in [2.75, 3.05) is 6.54 Å². The standard InChI is InChI=1S/C21H22ClFN4O/c1-2-10-26(21(28)15-7-8-17(23)16(22)11-15)13-19-25-18-4-3-9-24-20(18)27(19)12-14-5-6-14/h3-4,7-9,11,14H,2,5-6,10,12-13H2,1H3. The third-order valence-electron chi connectivity index (χ3n) is 5.00. The normalized spacial score (nSPS) is 13.8. The highest BCUT2D eigenvalue weighted by molar-refractivity contribution is 6.31. The maximum atomic E-state index is 13.5. The fourth-order valence-corrected chi connectivity index (χ4v) is 3.56. The van der Waals surface area contributed by atoms with E-state index in [1.165, 1.54) is 31.0 Å². The maximum absolute atomic E-state index is 13.5. The van der Waals surface area contributed by atoms with E-state index in [-0.39, 0.29) is 10.9 Å². The van der Waals surface area contributed by atoms with Crippen molar-refractivity contribution in [2.45, 2.75) is 39.3 Å². The lowest BCUT2D eigenvalue weighted by Gasteiger charge is -2.22. The van der Waals surface area contributed by atoms with E-state index in [2.05, 4.69) is 9.55 Å². The molecule has 0 spiro atoms. The van der Waals surface area contributed by atoms with E-state index in [0.29, 0.717) is 24.6 Å². The molecule has 146 valence electrons. The summed E-state index contributed by atoms with van der Waals surface area (Å²) in [5.41, 5.74) is 2.08. The molecule has 4 rings (SSSR count). The van der Waals surface area contributed by atoms with Crippen LogP contribution in [0.5, 0.6) is 0 Å². The first-order valence-electron chi connectivity index (χ1n) is 9.61. The van der Waals surface area contributed by atoms with Gasteiger partial charge in [-0.15, -0.1) is 0 Å². The summed E-state index contributed by atoms with van der Waals surface area (Å²) < 4.78 is 15.6. The molecule has 0 atom stereocenters. The Hall–Kier alpha value is -2.47. The number of rotatable bonds is 7. The van der Waals surface area contributed by atoms with Crippen LogP contribution in [-0.2, 0) is 13.1 Å². The fourth-order valence-electron chi connectivity index (χ4n) is 3.38. The smallest absolute Gasteiger partial charge is 0.254 e. The summed E-state index contributed by atoms with van der Waals surface area (Å²) in [6.07, 6.45) is 5.02. The quantitative estimate of drug-likeness (QED) is 0.578. The first-order valence-corrected chi connectivity index (χ1v) is 9.99. The van der Waals surface area contributed by atoms with Gasteiger partial charge in [-0.3, -0.25) is 4.79 Å². The molecule has 1 aliphatic rings. The SMILES string of the molecule is CCCN(Cc1nc2cccnc2n1CC1CC1)C(=O)c1ccc(F)c(Cl)c1. The van der Waals surface area contributed by atoms with Gasteiger partial charge in [0.1, 0.15) is 17.2 Å². The zero-order valence-electron chi connectivity index (χ0n) is 15.7. The van der Waals surface area contributed by atoms with Gasteiger partial charge < -0.3 is 9.47 Å². The minimum Gasteiger partial charge on any atom is -0.331 e. The molecule has 0 unspecified atom stereocenters. The monoisotopic (exact) mass is 400 g/mol. The number of benzene rings is 1. The molecular formula is C21H22ClFN4O. The van der Waals surface area contributed by atoms with E-state index < -0.39 is 5.82 Å². The number of pyridine rings is 1. The average molecular weight is 401 g/mol. The highest BCUT2D eigenvalue weighted by atomic mass is 35.5. The number of hydrogen-bond donors (Lipinski definition) is 0. The Bertz CT molecular complexity index is 1010. The molecule has 0 N–H and O–H groups in total. The van der Waals surface area contributed by atoms with Crippen molar-refractivity contribution < 1.29 is 9.18 Å². The summed E-state index contributed by atoms with van der Waals surface area (Å²) >= 11 is 5.87. The summed E-state index contributed by atoms with van der Waals surface area (Å²) in [6.45, 7) is 3.85. The minimum atomic E-state index is -0.530. The van der Waals surface area contributed by atoms with Gasteiger partial charge in [0, 0.05) is 24.8 Å². The van der Waals surface area contributed by atoms with Crippen molar-refractivity contribution in [3.8, 4) is 0 Å². The van der Waals surface area contributed by atoms with E-state index >= 15 is 0 Å². The predicted octanol–water partition coefficient (Wildman–Crippen LogP) is 4.69. The van der Waals surface area contributed by atoms with Crippen LogP contribution in [0.3, 0.4) is 0 Å². The van der Waals surface area contributed by atoms with Crippen molar-refractivity contribution in [1.29, 1.82) is 0 Å². The van der Waals surface area contributed by atoms with Gasteiger partial charge in [0.05, 0.1) is 11.6 Å². The Kier molecular flexibility index (Phi) is 5.31. The van der Waals surface area contributed by atoms with Gasteiger partial charge in [-0.2, -0.15) is 0 Å². The number of imidazole rings is 1. The minimum absolute atomic E-state index is 0.0486. The molecular weight excluding hydrogens is 379 g/mol. The van der Waals surface area contributed by atoms with E-state index in [1.807, 2.05) is 19.1 Å². The second-order valence-electron chi connectivity index (χ2n) is 7.28. The van der Waals surface area contributed by atoms with E-state index in [9.17, 15) is 9.18 Å². The first-order chi connectivity index (χ1) is 13.6. The van der Waals surface area contributed by atoms with Crippen LogP contribution in [0.25, 0.3) is 11.2 Å². The van der Waals surface area contributed by atoms with E-state index in [0.717, 1.165) is 30.0 Å². The van der Waals surface area contributed by atoms with Gasteiger partial charge in [-0.25, -0.2) is 14.4 Å². The molecule has 5 nitrogen and oxygen atoms in total. The largest absolute Gasteiger partial charge is 0.331 e. The Morgan fingerprint density at radius 2 is 2.18 bits per heavy atom. The molecule has 0 radical (unpaired) electrons. The van der Waals surface area contributed by atoms with Crippen LogP contribution in [0, 0.1) is 11.7 Å². The highest BCUT2D eigenvalue weighted by Crippen LogP contribution is 2.32. The first kappa shape index (κ1) is 18.9. The van der Waals surface area contributed by atoms with Crippen LogP contribution in [0.1, 0.15) is 42.4 Å². The molecule has 0 aliphatic heterocycles. The molecule has 1 aliphatic carbocycles. The molecule has 1 aromatic carbocycles. The topological polar surface area (TPSA) is 51.0 Å². The number of aromatic nitrogens is 3. The second-order valence-corrected chi connectivity index (χ2v) is 7.69. The Balaban J connectivity index is 1.65. The predicted molar refractivity (Wildman–Crippen MR) is 107 cm³/mol. The van der Waals surface area contributed by atoms with Crippen molar-refractivity contribution in [3.63, 3.8) is 0 Å². The van der Waals surface area contributed by atoms with Crippen LogP contribution >= 0.6 is 11.6 Å². The van der Waals surface area contributed by atoms with Crippen molar-refractivity contribution in [2.24, 2.45) is 5.92 Å². The molecule has 28 heavy (non-hydrogen) atoms. The van der Waals surface area contributed by atoms with Crippen LogP contribution < -0.4 is 0 Å². The van der Waals surface area contributed by atoms with Crippen LogP contribution in [0.2, 0.25) is 5.02 Å². The second kappa shape index (κ2) is 7.87. The Labute approximate surface area is 168 Å². The van der Waals surface area contributed by atoms with Crippen molar-refractivity contribution in [1.82, 2.24) is 19.4 Å². The van der Waals surface area contributed by atoms with Gasteiger partial charge in [0.2, 0.25) is 0 Å². The third-order valence-corrected chi connectivity index (χ3v) is 5.29. The van der Waals surface area contributed by atoms with Crippen LogP contribution in [-0.4, -0.2) is 31.9 Å². The van der Waals surface area contributed by atoms with Gasteiger partial charge in [0.25, 0.3) is 5.91 Å². The van der Waals surface area contributed by atoms with E-state index in [4.69, 9.17) is 16.6 Å². The van der Waals surface area contributed by atoms with Gasteiger partial charge >= 0.3 is 0 Å². The van der Waals surface area contributed by atoms with Crippen molar-refractivity contribution >= 4 is 28.7 Å². The zero-order valence-corrected chi connectivity index (χ0v) is 16.5. The molecule has 1 saturated carbocycles. The lowest BCUT2D eigenvalue weighted by atomic mass is 10.2. The van der Waals surface area contributed by atoms with E-state index in [1.54, 1.807) is 11.1 Å². The number of amides is 1. The lowest BCUT2D eigenvalue weighted by molar-refractivity contribution is 0.0737. The van der Waals surface area contributed by atoms with Crippen molar-refractivity contribution in [3.05, 3.63) is 58.8 Å². The zero-order chi connectivity index (χ0) is 19.7. The Morgan fingerprint density at radius 1 is 1.36 bits per heavy atom. The summed E-state index contributed by atoms with van der Waals surface area (Å²) in [5, 5.41) is -0.0486. The number of carbonyl (C=O) groups excluding carboxylic acids is 1. The lowest BCUT2D eigenvalue weighted by Crippen LogP contribution is -2.32. The van der Waals surface area contributed by atoms with Gasteiger partial charge in [-0.05, 0) is 55.5 Å². The summed E-state index contributed by atoms with van der Waals surface area (Å²) in [5.74, 6) is 0.777. The highest BCUT2D eigenvalue weighted by Gasteiger charge is 2.26. The molecule has 0 saturated heterocycles. The van der Waals surface area contributed by atoms with Crippen LogP contribution in [0.15, 0.2) is 36.5 Å². The summed E-state index contributed by atoms with van der Waals surface area (Å²) in [6, 6.07) is 7.90. The number of fused-ring (bicyclic) bond motifs is 1. The van der Waals surface area contributed by atoms with Gasteiger partial charge in [-0.1, -0.05) is 18.5 Å². The molecule has 7 heteroatoms. The molecule has 1 amide bonds. The number of hydrogen-bond acceptors (Lipinski definition) is 3. The summed E-state index contributed by atoms with van der Waals surface area (Å²) in [7, 11) is 0. The van der Waals surface area contributed by atoms with Crippen LogP contribution in [0.4, 0.5) is 4.39 Å². The molecule has 1 fully saturated rings. The number of carbonyl (C=O) groups is 1. The Morgan fingerprint density at radius 3 is 2.89 bits per heavy atom. The molecule has 2 heterocycles. The molecule has 3 aromatic rings. The molecule has 2 aromatic heterocycles.